The standard InChI is InChI=1S/C14H13N3O2S2/c1-10-15-9-13(16-10)11-4-6-12(7-5-11)17-21(18,19)14-3-2-8-20-14/h2-9,17H,1H3,(H,15,16). The second-order valence-electron chi connectivity index (χ2n) is 4.50. The number of thiophene rings is 1. The van der Waals surface area contributed by atoms with Gasteiger partial charge in [-0.05, 0) is 36.1 Å². The number of rotatable bonds is 4. The van der Waals surface area contributed by atoms with E-state index in [1.54, 1.807) is 35.8 Å². The van der Waals surface area contributed by atoms with E-state index in [4.69, 9.17) is 0 Å². The molecule has 0 spiro atoms. The van der Waals surface area contributed by atoms with Crippen LogP contribution >= 0.6 is 11.3 Å². The highest BCUT2D eigenvalue weighted by Gasteiger charge is 2.14. The predicted molar refractivity (Wildman–Crippen MR) is 83.9 cm³/mol. The number of hydrogen-bond donors (Lipinski definition) is 2. The fourth-order valence-electron chi connectivity index (χ4n) is 1.91. The van der Waals surface area contributed by atoms with E-state index in [1.165, 1.54) is 11.3 Å². The molecule has 2 aromatic heterocycles. The van der Waals surface area contributed by atoms with Gasteiger partial charge in [-0.15, -0.1) is 11.3 Å². The first kappa shape index (κ1) is 13.8. The van der Waals surface area contributed by atoms with Crippen molar-refractivity contribution < 1.29 is 8.42 Å². The van der Waals surface area contributed by atoms with Gasteiger partial charge in [-0.2, -0.15) is 0 Å². The summed E-state index contributed by atoms with van der Waals surface area (Å²) in [7, 11) is -3.50. The fraction of sp³-hybridized carbons (Fsp3) is 0.0714. The third-order valence-corrected chi connectivity index (χ3v) is 5.69. The summed E-state index contributed by atoms with van der Waals surface area (Å²) in [6.07, 6.45) is 1.75. The molecule has 5 nitrogen and oxygen atoms in total. The first-order valence-electron chi connectivity index (χ1n) is 6.23. The number of aromatic nitrogens is 2. The molecule has 0 saturated carbocycles. The van der Waals surface area contributed by atoms with Gasteiger partial charge in [0.25, 0.3) is 10.0 Å². The minimum absolute atomic E-state index is 0.302. The van der Waals surface area contributed by atoms with Gasteiger partial charge in [-0.1, -0.05) is 18.2 Å². The largest absolute Gasteiger partial charge is 0.342 e. The number of sulfonamides is 1. The number of nitrogens with one attached hydrogen (secondary N) is 2. The predicted octanol–water partition coefficient (Wildman–Crippen LogP) is 3.25. The molecule has 0 amide bonds. The van der Waals surface area contributed by atoms with Gasteiger partial charge in [0.2, 0.25) is 0 Å². The van der Waals surface area contributed by atoms with E-state index >= 15 is 0 Å². The van der Waals surface area contributed by atoms with Crippen molar-refractivity contribution in [3.63, 3.8) is 0 Å². The van der Waals surface area contributed by atoms with E-state index < -0.39 is 10.0 Å². The first-order valence-corrected chi connectivity index (χ1v) is 8.59. The number of hydrogen-bond acceptors (Lipinski definition) is 4. The molecule has 108 valence electrons. The maximum Gasteiger partial charge on any atom is 0.271 e. The number of benzene rings is 1. The van der Waals surface area contributed by atoms with Gasteiger partial charge < -0.3 is 4.98 Å². The van der Waals surface area contributed by atoms with Gasteiger partial charge in [0.05, 0.1) is 11.9 Å². The average Bonchev–Trinajstić information content (AvgIpc) is 3.10. The molecule has 0 aliphatic carbocycles. The van der Waals surface area contributed by atoms with Crippen LogP contribution in [0, 0.1) is 6.92 Å². The SMILES string of the molecule is Cc1ncc(-c2ccc(NS(=O)(=O)c3cccs3)cc2)[nH]1. The van der Waals surface area contributed by atoms with E-state index in [2.05, 4.69) is 14.7 Å². The van der Waals surface area contributed by atoms with Gasteiger partial charge in [0, 0.05) is 5.69 Å². The minimum Gasteiger partial charge on any atom is -0.342 e. The minimum atomic E-state index is -3.50. The normalized spacial score (nSPS) is 11.5. The smallest absolute Gasteiger partial charge is 0.271 e. The molecule has 0 aliphatic rings. The summed E-state index contributed by atoms with van der Waals surface area (Å²) in [6.45, 7) is 1.88. The molecule has 0 radical (unpaired) electrons. The topological polar surface area (TPSA) is 74.8 Å². The van der Waals surface area contributed by atoms with Gasteiger partial charge in [-0.25, -0.2) is 13.4 Å². The van der Waals surface area contributed by atoms with E-state index in [0.29, 0.717) is 9.90 Å². The lowest BCUT2D eigenvalue weighted by atomic mass is 10.1. The van der Waals surface area contributed by atoms with Crippen LogP contribution in [0.25, 0.3) is 11.3 Å². The van der Waals surface area contributed by atoms with Crippen molar-refractivity contribution in [2.45, 2.75) is 11.1 Å². The van der Waals surface area contributed by atoms with Gasteiger partial charge in [0.1, 0.15) is 10.0 Å². The number of aromatic amines is 1. The van der Waals surface area contributed by atoms with E-state index in [9.17, 15) is 8.42 Å². The molecule has 0 bridgehead atoms. The molecule has 0 atom stereocenters. The third kappa shape index (κ3) is 2.98. The number of nitrogens with zero attached hydrogens (tertiary/aromatic N) is 1. The highest BCUT2D eigenvalue weighted by molar-refractivity contribution is 7.94. The second kappa shape index (κ2) is 5.34. The lowest BCUT2D eigenvalue weighted by molar-refractivity contribution is 0.603. The molecule has 2 N–H and O–H groups in total. The zero-order valence-corrected chi connectivity index (χ0v) is 12.8. The Kier molecular flexibility index (Phi) is 3.52. The summed E-state index contributed by atoms with van der Waals surface area (Å²) >= 11 is 1.19. The molecule has 3 aromatic rings. The molecule has 3 rings (SSSR count). The van der Waals surface area contributed by atoms with E-state index in [1.807, 2.05) is 19.1 Å². The van der Waals surface area contributed by atoms with Crippen LogP contribution in [0.5, 0.6) is 0 Å². The van der Waals surface area contributed by atoms with Crippen molar-refractivity contribution in [1.29, 1.82) is 0 Å². The number of imidazole rings is 1. The summed E-state index contributed by atoms with van der Waals surface area (Å²) in [6, 6.07) is 10.4. The maximum atomic E-state index is 12.1. The quantitative estimate of drug-likeness (QED) is 0.775. The van der Waals surface area contributed by atoms with E-state index in [-0.39, 0.29) is 0 Å². The Morgan fingerprint density at radius 1 is 1.19 bits per heavy atom. The molecular formula is C14H13N3O2S2. The molecule has 0 saturated heterocycles. The van der Waals surface area contributed by atoms with E-state index in [0.717, 1.165) is 17.1 Å². The molecule has 0 unspecified atom stereocenters. The molecule has 1 aromatic carbocycles. The Labute approximate surface area is 126 Å². The maximum absolute atomic E-state index is 12.1. The highest BCUT2D eigenvalue weighted by Crippen LogP contribution is 2.23. The van der Waals surface area contributed by atoms with Crippen molar-refractivity contribution in [1.82, 2.24) is 9.97 Å². The van der Waals surface area contributed by atoms with Crippen LogP contribution in [0.3, 0.4) is 0 Å². The average molecular weight is 319 g/mol. The van der Waals surface area contributed by atoms with Crippen LogP contribution < -0.4 is 4.72 Å². The van der Waals surface area contributed by atoms with Crippen LogP contribution in [0.2, 0.25) is 0 Å². The molecule has 2 heterocycles. The fourth-order valence-corrected chi connectivity index (χ4v) is 3.96. The van der Waals surface area contributed by atoms with Gasteiger partial charge in [0.15, 0.2) is 0 Å². The van der Waals surface area contributed by atoms with Crippen molar-refractivity contribution in [2.24, 2.45) is 0 Å². The molecular weight excluding hydrogens is 306 g/mol. The summed E-state index contributed by atoms with van der Waals surface area (Å²) in [5.41, 5.74) is 2.39. The zero-order chi connectivity index (χ0) is 14.9. The Morgan fingerprint density at radius 2 is 1.95 bits per heavy atom. The zero-order valence-electron chi connectivity index (χ0n) is 11.2. The number of aryl methyl sites for hydroxylation is 1. The monoisotopic (exact) mass is 319 g/mol. The molecule has 0 fully saturated rings. The highest BCUT2D eigenvalue weighted by atomic mass is 32.2. The van der Waals surface area contributed by atoms with Crippen LogP contribution in [-0.2, 0) is 10.0 Å². The molecule has 21 heavy (non-hydrogen) atoms. The Bertz CT molecular complexity index is 835. The van der Waals surface area contributed by atoms with Crippen molar-refractivity contribution in [3.8, 4) is 11.3 Å². The number of H-pyrrole nitrogens is 1. The Hall–Kier alpha value is -2.12. The first-order chi connectivity index (χ1) is 10.0. The van der Waals surface area contributed by atoms with Crippen LogP contribution in [0.15, 0.2) is 52.2 Å². The lowest BCUT2D eigenvalue weighted by Gasteiger charge is -2.06. The summed E-state index contributed by atoms with van der Waals surface area (Å²) in [4.78, 5) is 7.28. The molecule has 7 heteroatoms. The summed E-state index contributed by atoms with van der Waals surface area (Å²) in [5, 5.41) is 1.73. The summed E-state index contributed by atoms with van der Waals surface area (Å²) < 4.78 is 27.1. The van der Waals surface area contributed by atoms with Crippen molar-refractivity contribution >= 4 is 27.0 Å². The summed E-state index contributed by atoms with van der Waals surface area (Å²) in [5.74, 6) is 0.840. The second-order valence-corrected chi connectivity index (χ2v) is 7.35. The van der Waals surface area contributed by atoms with Gasteiger partial charge in [-0.3, -0.25) is 4.72 Å². The third-order valence-electron chi connectivity index (χ3n) is 2.91. The molecule has 0 aliphatic heterocycles. The van der Waals surface area contributed by atoms with Crippen molar-refractivity contribution in [3.05, 3.63) is 53.8 Å². The van der Waals surface area contributed by atoms with Crippen LogP contribution in [0.1, 0.15) is 5.82 Å². The Morgan fingerprint density at radius 3 is 2.52 bits per heavy atom. The van der Waals surface area contributed by atoms with Gasteiger partial charge >= 0.3 is 0 Å². The van der Waals surface area contributed by atoms with Crippen LogP contribution in [0.4, 0.5) is 5.69 Å². The Balaban J connectivity index is 1.82. The van der Waals surface area contributed by atoms with Crippen LogP contribution in [-0.4, -0.2) is 18.4 Å². The lowest BCUT2D eigenvalue weighted by Crippen LogP contribution is -2.11. The number of anilines is 1. The van der Waals surface area contributed by atoms with Crippen molar-refractivity contribution in [2.75, 3.05) is 4.72 Å².